The average molecular weight is 377 g/mol. The minimum atomic E-state index is -0.00526. The molecule has 0 aromatic carbocycles. The Bertz CT molecular complexity index is 227. The van der Waals surface area contributed by atoms with Gasteiger partial charge in [-0.05, 0) is 32.1 Å². The molecule has 0 aliphatic heterocycles. The van der Waals surface area contributed by atoms with E-state index < -0.39 is 0 Å². The van der Waals surface area contributed by atoms with Crippen molar-refractivity contribution in [1.29, 1.82) is 0 Å². The second-order valence-corrected chi connectivity index (χ2v) is 6.76. The van der Waals surface area contributed by atoms with Gasteiger partial charge in [-0.1, -0.05) is 79.4 Å². The lowest BCUT2D eigenvalue weighted by Gasteiger charge is -2.12. The van der Waals surface area contributed by atoms with Gasteiger partial charge in [0.25, 0.3) is 0 Å². The molecule has 0 aromatic rings. The number of alkyl halides is 1. The quantitative estimate of drug-likeness (QED) is 0.123. The molecule has 0 atom stereocenters. The predicted molar refractivity (Wildman–Crippen MR) is 101 cm³/mol. The van der Waals surface area contributed by atoms with Crippen LogP contribution in [0.15, 0.2) is 12.2 Å². The number of ether oxygens (including phenoxy) is 2. The molecule has 0 rings (SSSR count). The molecule has 0 unspecified atom stereocenters. The highest BCUT2D eigenvalue weighted by atomic mass is 79.9. The molecule has 0 N–H and O–H groups in total. The van der Waals surface area contributed by atoms with Crippen LogP contribution in [-0.4, -0.2) is 25.8 Å². The van der Waals surface area contributed by atoms with Crippen LogP contribution in [0.2, 0.25) is 0 Å². The molecule has 132 valence electrons. The van der Waals surface area contributed by atoms with Gasteiger partial charge in [0, 0.05) is 19.5 Å². The van der Waals surface area contributed by atoms with E-state index in [-0.39, 0.29) is 6.29 Å². The lowest BCUT2D eigenvalue weighted by atomic mass is 10.0. The van der Waals surface area contributed by atoms with Gasteiger partial charge in [-0.25, -0.2) is 0 Å². The van der Waals surface area contributed by atoms with Crippen molar-refractivity contribution in [3.63, 3.8) is 0 Å². The number of allylic oxidation sites excluding steroid dienone is 2. The van der Waals surface area contributed by atoms with Crippen LogP contribution in [0, 0.1) is 0 Å². The first-order chi connectivity index (χ1) is 10.8. The minimum Gasteiger partial charge on any atom is -0.356 e. The number of hydrogen-bond donors (Lipinski definition) is 0. The molecule has 0 spiro atoms. The molecule has 22 heavy (non-hydrogen) atoms. The smallest absolute Gasteiger partial charge is 0.156 e. The summed E-state index contributed by atoms with van der Waals surface area (Å²) in [5, 5.41) is 1.09. The van der Waals surface area contributed by atoms with Gasteiger partial charge in [-0.2, -0.15) is 0 Å². The molecule has 2 nitrogen and oxygen atoms in total. The Morgan fingerprint density at radius 3 is 1.64 bits per heavy atom. The number of unbranched alkanes of at least 4 members (excludes halogenated alkanes) is 10. The van der Waals surface area contributed by atoms with Crippen LogP contribution in [-0.2, 0) is 9.47 Å². The Balaban J connectivity index is 3.08. The maximum atomic E-state index is 5.19. The van der Waals surface area contributed by atoms with Crippen molar-refractivity contribution in [2.24, 2.45) is 0 Å². The number of methoxy groups -OCH3 is 2. The van der Waals surface area contributed by atoms with Gasteiger partial charge in [0.05, 0.1) is 0 Å². The van der Waals surface area contributed by atoms with E-state index in [1.807, 2.05) is 0 Å². The highest BCUT2D eigenvalue weighted by molar-refractivity contribution is 9.09. The predicted octanol–water partition coefficient (Wildman–Crippen LogP) is 6.63. The molecule has 0 saturated heterocycles. The molecular weight excluding hydrogens is 340 g/mol. The molecule has 0 bridgehead atoms. The molecule has 3 heteroatoms. The molecule has 0 aliphatic carbocycles. The standard InChI is InChI=1S/C19H37BrO2/c1-21-19(22-2)17-15-13-11-9-7-5-3-4-6-8-10-12-14-16-18-20/h12,14,19H,3-11,13,15-18H2,1-2H3/b14-12-. The highest BCUT2D eigenvalue weighted by Gasteiger charge is 2.03. The zero-order chi connectivity index (χ0) is 16.3. The molecule has 0 radical (unpaired) electrons. The van der Waals surface area contributed by atoms with Crippen LogP contribution in [0.1, 0.15) is 83.5 Å². The van der Waals surface area contributed by atoms with Crippen LogP contribution in [0.25, 0.3) is 0 Å². The SMILES string of the molecule is COC(CCCCCCCCCCCC/C=C\CCBr)OC. The molecule has 0 heterocycles. The summed E-state index contributed by atoms with van der Waals surface area (Å²) in [6, 6.07) is 0. The van der Waals surface area contributed by atoms with Crippen molar-refractivity contribution in [3.8, 4) is 0 Å². The van der Waals surface area contributed by atoms with Crippen LogP contribution in [0.3, 0.4) is 0 Å². The fourth-order valence-electron chi connectivity index (χ4n) is 2.62. The average Bonchev–Trinajstić information content (AvgIpc) is 2.55. The van der Waals surface area contributed by atoms with E-state index in [9.17, 15) is 0 Å². The molecule has 0 amide bonds. The number of rotatable bonds is 17. The van der Waals surface area contributed by atoms with Crippen molar-refractivity contribution in [3.05, 3.63) is 12.2 Å². The van der Waals surface area contributed by atoms with Crippen LogP contribution >= 0.6 is 15.9 Å². The Morgan fingerprint density at radius 1 is 0.682 bits per heavy atom. The second-order valence-electron chi connectivity index (χ2n) is 5.96. The summed E-state index contributed by atoms with van der Waals surface area (Å²) in [5.41, 5.74) is 0. The fourth-order valence-corrected chi connectivity index (χ4v) is 2.88. The van der Waals surface area contributed by atoms with E-state index in [1.54, 1.807) is 14.2 Å². The van der Waals surface area contributed by atoms with Crippen molar-refractivity contribution in [1.82, 2.24) is 0 Å². The summed E-state index contributed by atoms with van der Waals surface area (Å²) in [5.74, 6) is 0. The number of hydrogen-bond acceptors (Lipinski definition) is 2. The van der Waals surface area contributed by atoms with Gasteiger partial charge in [-0.15, -0.1) is 0 Å². The van der Waals surface area contributed by atoms with Crippen molar-refractivity contribution < 1.29 is 9.47 Å². The summed E-state index contributed by atoms with van der Waals surface area (Å²) in [7, 11) is 3.43. The molecule has 0 aliphatic rings. The summed E-state index contributed by atoms with van der Waals surface area (Å²) in [4.78, 5) is 0. The second kappa shape index (κ2) is 19.2. The Hall–Kier alpha value is 0.140. The van der Waals surface area contributed by atoms with E-state index in [0.29, 0.717) is 0 Å². The maximum absolute atomic E-state index is 5.19. The van der Waals surface area contributed by atoms with E-state index in [4.69, 9.17) is 9.47 Å². The fraction of sp³-hybridized carbons (Fsp3) is 0.895. The van der Waals surface area contributed by atoms with Crippen molar-refractivity contribution in [2.45, 2.75) is 89.8 Å². The van der Waals surface area contributed by atoms with Crippen molar-refractivity contribution in [2.75, 3.05) is 19.5 Å². The number of halogens is 1. The Labute approximate surface area is 147 Å². The van der Waals surface area contributed by atoms with E-state index in [0.717, 1.165) is 18.2 Å². The van der Waals surface area contributed by atoms with Crippen molar-refractivity contribution >= 4 is 15.9 Å². The van der Waals surface area contributed by atoms with Gasteiger partial charge >= 0.3 is 0 Å². The zero-order valence-corrected chi connectivity index (χ0v) is 16.4. The van der Waals surface area contributed by atoms with E-state index >= 15 is 0 Å². The van der Waals surface area contributed by atoms with Gasteiger partial charge in [0.1, 0.15) is 0 Å². The molecule has 0 saturated carbocycles. The maximum Gasteiger partial charge on any atom is 0.156 e. The topological polar surface area (TPSA) is 18.5 Å². The normalized spacial score (nSPS) is 11.8. The lowest BCUT2D eigenvalue weighted by Crippen LogP contribution is -2.12. The summed E-state index contributed by atoms with van der Waals surface area (Å²) < 4.78 is 10.4. The third-order valence-corrected chi connectivity index (χ3v) is 4.49. The van der Waals surface area contributed by atoms with Crippen LogP contribution < -0.4 is 0 Å². The van der Waals surface area contributed by atoms with E-state index in [2.05, 4.69) is 28.1 Å². The first kappa shape index (κ1) is 22.1. The van der Waals surface area contributed by atoms with E-state index in [1.165, 1.54) is 70.6 Å². The first-order valence-corrected chi connectivity index (χ1v) is 10.2. The largest absolute Gasteiger partial charge is 0.356 e. The molecular formula is C19H37BrO2. The van der Waals surface area contributed by atoms with Gasteiger partial charge in [-0.3, -0.25) is 0 Å². The Morgan fingerprint density at radius 2 is 1.14 bits per heavy atom. The van der Waals surface area contributed by atoms with Crippen LogP contribution in [0.4, 0.5) is 0 Å². The summed E-state index contributed by atoms with van der Waals surface area (Å²) in [6.07, 6.45) is 21.7. The first-order valence-electron chi connectivity index (χ1n) is 9.11. The van der Waals surface area contributed by atoms with Gasteiger partial charge in [0.2, 0.25) is 0 Å². The highest BCUT2D eigenvalue weighted by Crippen LogP contribution is 2.13. The minimum absolute atomic E-state index is 0.00526. The Kier molecular flexibility index (Phi) is 19.3. The molecule has 0 aromatic heterocycles. The van der Waals surface area contributed by atoms with Gasteiger partial charge < -0.3 is 9.47 Å². The van der Waals surface area contributed by atoms with Crippen LogP contribution in [0.5, 0.6) is 0 Å². The van der Waals surface area contributed by atoms with Gasteiger partial charge in [0.15, 0.2) is 6.29 Å². The monoisotopic (exact) mass is 376 g/mol. The summed E-state index contributed by atoms with van der Waals surface area (Å²) >= 11 is 3.44. The third kappa shape index (κ3) is 16.5. The zero-order valence-electron chi connectivity index (χ0n) is 14.8. The summed E-state index contributed by atoms with van der Waals surface area (Å²) in [6.45, 7) is 0. The molecule has 0 fully saturated rings. The third-order valence-electron chi connectivity index (χ3n) is 4.03. The lowest BCUT2D eigenvalue weighted by molar-refractivity contribution is -0.107.